The largest absolute Gasteiger partial charge is 0.393 e. The van der Waals surface area contributed by atoms with E-state index in [0.29, 0.717) is 18.3 Å². The normalized spacial score (nSPS) is 22.5. The van der Waals surface area contributed by atoms with Crippen LogP contribution in [0.3, 0.4) is 0 Å². The highest BCUT2D eigenvalue weighted by molar-refractivity contribution is 5.76. The van der Waals surface area contributed by atoms with E-state index in [-0.39, 0.29) is 12.0 Å². The first kappa shape index (κ1) is 12.5. The molecule has 0 aromatic heterocycles. The van der Waals surface area contributed by atoms with Crippen LogP contribution in [0.2, 0.25) is 0 Å². The van der Waals surface area contributed by atoms with Crippen LogP contribution in [0.1, 0.15) is 46.5 Å². The lowest BCUT2D eigenvalue weighted by molar-refractivity contribution is -0.133. The fourth-order valence-corrected chi connectivity index (χ4v) is 1.85. The highest BCUT2D eigenvalue weighted by atomic mass is 16.3. The van der Waals surface area contributed by atoms with Crippen molar-refractivity contribution in [2.24, 2.45) is 5.41 Å². The lowest BCUT2D eigenvalue weighted by Crippen LogP contribution is -2.41. The van der Waals surface area contributed by atoms with E-state index >= 15 is 0 Å². The van der Waals surface area contributed by atoms with E-state index in [0.717, 1.165) is 25.9 Å². The second-order valence-electron chi connectivity index (χ2n) is 5.43. The molecule has 0 saturated carbocycles. The fourth-order valence-electron chi connectivity index (χ4n) is 1.85. The number of amides is 1. The van der Waals surface area contributed by atoms with Crippen LogP contribution in [0.15, 0.2) is 0 Å². The van der Waals surface area contributed by atoms with E-state index in [1.165, 1.54) is 0 Å². The van der Waals surface area contributed by atoms with Crippen LogP contribution in [0.4, 0.5) is 0 Å². The maximum absolute atomic E-state index is 11.7. The van der Waals surface area contributed by atoms with E-state index in [1.54, 1.807) is 6.92 Å². The minimum absolute atomic E-state index is 0.200. The molecule has 0 bridgehead atoms. The van der Waals surface area contributed by atoms with E-state index < -0.39 is 0 Å². The van der Waals surface area contributed by atoms with Crippen LogP contribution < -0.4 is 0 Å². The molecule has 1 atom stereocenters. The van der Waals surface area contributed by atoms with Gasteiger partial charge in [-0.25, -0.2) is 0 Å². The molecule has 1 N–H and O–H groups in total. The molecule has 15 heavy (non-hydrogen) atoms. The zero-order valence-electron chi connectivity index (χ0n) is 10.1. The molecule has 3 nitrogen and oxygen atoms in total. The Morgan fingerprint density at radius 3 is 2.40 bits per heavy atom. The van der Waals surface area contributed by atoms with Gasteiger partial charge < -0.3 is 10.0 Å². The van der Waals surface area contributed by atoms with Crippen LogP contribution in [-0.2, 0) is 4.79 Å². The molecule has 1 fully saturated rings. The number of hydrogen-bond acceptors (Lipinski definition) is 2. The van der Waals surface area contributed by atoms with Gasteiger partial charge in [0, 0.05) is 19.5 Å². The fraction of sp³-hybridized carbons (Fsp3) is 0.917. The summed E-state index contributed by atoms with van der Waals surface area (Å²) in [6.45, 7) is 8.00. The Balaban J connectivity index is 2.30. The summed E-state index contributed by atoms with van der Waals surface area (Å²) in [6, 6.07) is 0. The van der Waals surface area contributed by atoms with Crippen molar-refractivity contribution in [2.75, 3.05) is 13.1 Å². The quantitative estimate of drug-likeness (QED) is 0.776. The molecule has 0 aromatic carbocycles. The molecule has 1 saturated heterocycles. The van der Waals surface area contributed by atoms with Crippen molar-refractivity contribution in [3.05, 3.63) is 0 Å². The molecule has 0 aliphatic carbocycles. The molecule has 1 heterocycles. The first-order chi connectivity index (χ1) is 6.91. The Morgan fingerprint density at radius 1 is 1.40 bits per heavy atom. The van der Waals surface area contributed by atoms with Gasteiger partial charge in [-0.2, -0.15) is 0 Å². The van der Waals surface area contributed by atoms with Gasteiger partial charge in [0.05, 0.1) is 6.10 Å². The Kier molecular flexibility index (Phi) is 4.14. The summed E-state index contributed by atoms with van der Waals surface area (Å²) in [4.78, 5) is 13.7. The van der Waals surface area contributed by atoms with Gasteiger partial charge in [0.25, 0.3) is 0 Å². The number of likely N-dealkylation sites (tertiary alicyclic amines) is 1. The maximum atomic E-state index is 11.7. The minimum Gasteiger partial charge on any atom is -0.393 e. The number of hydrogen-bond donors (Lipinski definition) is 1. The van der Waals surface area contributed by atoms with Crippen molar-refractivity contribution in [3.8, 4) is 0 Å². The molecular formula is C12H23NO2. The van der Waals surface area contributed by atoms with Gasteiger partial charge in [0.2, 0.25) is 5.91 Å². The highest BCUT2D eigenvalue weighted by Gasteiger charge is 2.27. The van der Waals surface area contributed by atoms with Gasteiger partial charge in [-0.05, 0) is 31.6 Å². The Morgan fingerprint density at radius 2 is 1.93 bits per heavy atom. The van der Waals surface area contributed by atoms with E-state index in [4.69, 9.17) is 5.11 Å². The Bertz CT molecular complexity index is 214. The second kappa shape index (κ2) is 4.97. The van der Waals surface area contributed by atoms with Crippen molar-refractivity contribution in [1.82, 2.24) is 4.90 Å². The van der Waals surface area contributed by atoms with Crippen molar-refractivity contribution in [1.29, 1.82) is 0 Å². The summed E-state index contributed by atoms with van der Waals surface area (Å²) >= 11 is 0. The number of rotatable bonds is 3. The molecular weight excluding hydrogens is 190 g/mol. The molecule has 1 aliphatic rings. The van der Waals surface area contributed by atoms with Crippen LogP contribution in [0, 0.1) is 5.41 Å². The zero-order valence-corrected chi connectivity index (χ0v) is 10.1. The number of nitrogens with zero attached hydrogens (tertiary/aromatic N) is 1. The predicted molar refractivity (Wildman–Crippen MR) is 60.5 cm³/mol. The van der Waals surface area contributed by atoms with Crippen molar-refractivity contribution >= 4 is 5.91 Å². The molecule has 0 aromatic rings. The number of aliphatic hydroxyl groups is 1. The van der Waals surface area contributed by atoms with Crippen LogP contribution in [0.25, 0.3) is 0 Å². The Labute approximate surface area is 92.5 Å². The first-order valence-electron chi connectivity index (χ1n) is 5.86. The third kappa shape index (κ3) is 4.20. The lowest BCUT2D eigenvalue weighted by atomic mass is 9.82. The summed E-state index contributed by atoms with van der Waals surface area (Å²) in [5.74, 6) is 0.200. The molecule has 1 unspecified atom stereocenters. The second-order valence-corrected chi connectivity index (χ2v) is 5.43. The van der Waals surface area contributed by atoms with Crippen LogP contribution in [0.5, 0.6) is 0 Å². The highest BCUT2D eigenvalue weighted by Crippen LogP contribution is 2.29. The summed E-state index contributed by atoms with van der Waals surface area (Å²) in [6.07, 6.45) is 2.88. The van der Waals surface area contributed by atoms with Gasteiger partial charge >= 0.3 is 0 Å². The average Bonchev–Trinajstić information content (AvgIpc) is 2.14. The van der Waals surface area contributed by atoms with Gasteiger partial charge in [0.1, 0.15) is 0 Å². The smallest absolute Gasteiger partial charge is 0.222 e. The van der Waals surface area contributed by atoms with Gasteiger partial charge in [-0.15, -0.1) is 0 Å². The molecule has 1 amide bonds. The van der Waals surface area contributed by atoms with Crippen molar-refractivity contribution in [3.63, 3.8) is 0 Å². The molecule has 3 heteroatoms. The van der Waals surface area contributed by atoms with Gasteiger partial charge in [-0.3, -0.25) is 4.79 Å². The summed E-state index contributed by atoms with van der Waals surface area (Å²) < 4.78 is 0. The SMILES string of the molecule is CC(O)CCC(=O)N1CCC(C)(C)CC1. The third-order valence-electron chi connectivity index (χ3n) is 3.25. The summed E-state index contributed by atoms with van der Waals surface area (Å²) in [5.41, 5.74) is 0.390. The van der Waals surface area contributed by atoms with Gasteiger partial charge in [0.15, 0.2) is 0 Å². The Hall–Kier alpha value is -0.570. The number of piperidine rings is 1. The van der Waals surface area contributed by atoms with Gasteiger partial charge in [-0.1, -0.05) is 13.8 Å². The van der Waals surface area contributed by atoms with Crippen LogP contribution in [-0.4, -0.2) is 35.1 Å². The molecule has 1 rings (SSSR count). The van der Waals surface area contributed by atoms with Crippen molar-refractivity contribution in [2.45, 2.75) is 52.6 Å². The molecule has 88 valence electrons. The average molecular weight is 213 g/mol. The standard InChI is InChI=1S/C12H23NO2/c1-10(14)4-5-11(15)13-8-6-12(2,3)7-9-13/h10,14H,4-9H2,1-3H3. The topological polar surface area (TPSA) is 40.5 Å². The summed E-state index contributed by atoms with van der Waals surface area (Å²) in [5, 5.41) is 9.11. The lowest BCUT2D eigenvalue weighted by Gasteiger charge is -2.37. The summed E-state index contributed by atoms with van der Waals surface area (Å²) in [7, 11) is 0. The van der Waals surface area contributed by atoms with E-state index in [1.807, 2.05) is 4.90 Å². The number of carbonyl (C=O) groups is 1. The van der Waals surface area contributed by atoms with E-state index in [9.17, 15) is 4.79 Å². The zero-order chi connectivity index (χ0) is 11.5. The molecule has 0 radical (unpaired) electrons. The number of carbonyl (C=O) groups excluding carboxylic acids is 1. The molecule has 1 aliphatic heterocycles. The maximum Gasteiger partial charge on any atom is 0.222 e. The predicted octanol–water partition coefficient (Wildman–Crippen LogP) is 1.80. The van der Waals surface area contributed by atoms with Crippen LogP contribution >= 0.6 is 0 Å². The number of aliphatic hydroxyl groups excluding tert-OH is 1. The monoisotopic (exact) mass is 213 g/mol. The van der Waals surface area contributed by atoms with Crippen molar-refractivity contribution < 1.29 is 9.90 Å². The minimum atomic E-state index is -0.366. The molecule has 0 spiro atoms. The first-order valence-corrected chi connectivity index (χ1v) is 5.86. The third-order valence-corrected chi connectivity index (χ3v) is 3.25. The van der Waals surface area contributed by atoms with E-state index in [2.05, 4.69) is 13.8 Å².